The van der Waals surface area contributed by atoms with Crippen LogP contribution < -0.4 is 5.32 Å². The Bertz CT molecular complexity index is 787. The Morgan fingerprint density at radius 2 is 2.04 bits per heavy atom. The summed E-state index contributed by atoms with van der Waals surface area (Å²) in [6, 6.07) is 8.50. The maximum Gasteiger partial charge on any atom is 0.170 e. The molecule has 2 saturated heterocycles. The van der Waals surface area contributed by atoms with Gasteiger partial charge in [-0.05, 0) is 49.8 Å². The highest BCUT2D eigenvalue weighted by Gasteiger charge is 2.40. The zero-order valence-corrected chi connectivity index (χ0v) is 16.8. The molecule has 0 spiro atoms. The minimum Gasteiger partial charge on any atom is -0.379 e. The van der Waals surface area contributed by atoms with Crippen molar-refractivity contribution < 1.29 is 4.74 Å². The predicted molar refractivity (Wildman–Crippen MR) is 110 cm³/mol. The number of aromatic amines is 1. The van der Waals surface area contributed by atoms with Crippen molar-refractivity contribution in [1.82, 2.24) is 25.1 Å². The van der Waals surface area contributed by atoms with Crippen molar-refractivity contribution in [3.8, 4) is 0 Å². The molecule has 2 atom stereocenters. The minimum absolute atomic E-state index is 0.0530. The maximum absolute atomic E-state index is 5.75. The maximum atomic E-state index is 5.75. The lowest BCUT2D eigenvalue weighted by Crippen LogP contribution is -2.42. The van der Waals surface area contributed by atoms with Gasteiger partial charge in [-0.25, -0.2) is 0 Å². The van der Waals surface area contributed by atoms with E-state index >= 15 is 0 Å². The lowest BCUT2D eigenvalue weighted by atomic mass is 9.97. The Labute approximate surface area is 165 Å². The number of hydrogen-bond acceptors (Lipinski definition) is 4. The van der Waals surface area contributed by atoms with Crippen LogP contribution in [0.2, 0.25) is 0 Å². The molecule has 2 aliphatic rings. The molecule has 4 heterocycles. The van der Waals surface area contributed by atoms with E-state index in [9.17, 15) is 0 Å². The van der Waals surface area contributed by atoms with Gasteiger partial charge in [0, 0.05) is 43.8 Å². The first kappa shape index (κ1) is 18.4. The second-order valence-electron chi connectivity index (χ2n) is 7.31. The number of ether oxygens (including phenoxy) is 1. The summed E-state index contributed by atoms with van der Waals surface area (Å²) in [4.78, 5) is 12.8. The van der Waals surface area contributed by atoms with Gasteiger partial charge in [0.05, 0.1) is 31.0 Å². The summed E-state index contributed by atoms with van der Waals surface area (Å²) in [7, 11) is 0. The van der Waals surface area contributed by atoms with Gasteiger partial charge in [-0.15, -0.1) is 0 Å². The number of nitrogens with one attached hydrogen (secondary N) is 2. The molecule has 6 nitrogen and oxygen atoms in total. The summed E-state index contributed by atoms with van der Waals surface area (Å²) in [5.41, 5.74) is 4.68. The number of H-pyrrole nitrogens is 1. The number of nitrogens with zero attached hydrogens (tertiary/aromatic N) is 3. The molecule has 0 bridgehead atoms. The molecule has 2 fully saturated rings. The first-order valence-electron chi connectivity index (χ1n) is 9.58. The van der Waals surface area contributed by atoms with E-state index in [0.717, 1.165) is 50.2 Å². The van der Waals surface area contributed by atoms with E-state index in [2.05, 4.69) is 51.1 Å². The summed E-state index contributed by atoms with van der Waals surface area (Å²) in [6.07, 6.45) is 1.85. The van der Waals surface area contributed by atoms with Crippen LogP contribution in [0.3, 0.4) is 0 Å². The molecule has 27 heavy (non-hydrogen) atoms. The third-order valence-corrected chi connectivity index (χ3v) is 5.82. The molecule has 2 aromatic heterocycles. The average molecular weight is 386 g/mol. The third-order valence-electron chi connectivity index (χ3n) is 5.47. The fraction of sp³-hybridized carbons (Fsp3) is 0.500. The molecule has 0 saturated carbocycles. The molecular weight excluding hydrogens is 358 g/mol. The highest BCUT2D eigenvalue weighted by Crippen LogP contribution is 2.39. The van der Waals surface area contributed by atoms with Crippen LogP contribution in [0.4, 0.5) is 0 Å². The molecule has 0 aromatic carbocycles. The smallest absolute Gasteiger partial charge is 0.170 e. The van der Waals surface area contributed by atoms with Crippen molar-refractivity contribution in [2.45, 2.75) is 25.9 Å². The van der Waals surface area contributed by atoms with E-state index < -0.39 is 0 Å². The van der Waals surface area contributed by atoms with E-state index in [1.165, 1.54) is 17.0 Å². The Hall–Kier alpha value is -1.96. The molecule has 0 radical (unpaired) electrons. The number of rotatable bonds is 5. The Kier molecular flexibility index (Phi) is 5.43. The van der Waals surface area contributed by atoms with Crippen LogP contribution in [0.25, 0.3) is 0 Å². The number of aryl methyl sites for hydroxylation is 2. The first-order valence-corrected chi connectivity index (χ1v) is 9.98. The van der Waals surface area contributed by atoms with Crippen molar-refractivity contribution in [1.29, 1.82) is 0 Å². The third kappa shape index (κ3) is 3.85. The molecule has 0 unspecified atom stereocenters. The van der Waals surface area contributed by atoms with Crippen LogP contribution >= 0.6 is 12.2 Å². The standard InChI is InChI=1S/C20H27N5OS/c1-14-13-16(15(2)22-14)19-18(17-5-3-4-6-21-17)23-20(27)25(19)8-7-24-9-11-26-12-10-24/h3-6,13,18-19,22H,7-12H2,1-2H3,(H,23,27)/t18-,19+/m0/s1. The van der Waals surface area contributed by atoms with Crippen LogP contribution in [0.5, 0.6) is 0 Å². The first-order chi connectivity index (χ1) is 13.1. The summed E-state index contributed by atoms with van der Waals surface area (Å²) >= 11 is 5.75. The predicted octanol–water partition coefficient (Wildman–Crippen LogP) is 2.33. The van der Waals surface area contributed by atoms with Crippen LogP contribution in [-0.4, -0.2) is 64.3 Å². The number of thiocarbonyl (C=S) groups is 1. The van der Waals surface area contributed by atoms with Crippen LogP contribution in [-0.2, 0) is 4.74 Å². The van der Waals surface area contributed by atoms with Gasteiger partial charge >= 0.3 is 0 Å². The highest BCUT2D eigenvalue weighted by atomic mass is 32.1. The second-order valence-corrected chi connectivity index (χ2v) is 7.69. The number of morpholine rings is 1. The van der Waals surface area contributed by atoms with E-state index in [4.69, 9.17) is 17.0 Å². The van der Waals surface area contributed by atoms with Crippen LogP contribution in [0, 0.1) is 13.8 Å². The van der Waals surface area contributed by atoms with Crippen molar-refractivity contribution in [2.75, 3.05) is 39.4 Å². The topological polar surface area (TPSA) is 56.4 Å². The molecule has 0 aliphatic carbocycles. The van der Waals surface area contributed by atoms with Crippen molar-refractivity contribution in [2.24, 2.45) is 0 Å². The fourth-order valence-electron chi connectivity index (χ4n) is 4.11. The number of hydrogen-bond donors (Lipinski definition) is 2. The Morgan fingerprint density at radius 1 is 1.22 bits per heavy atom. The van der Waals surface area contributed by atoms with E-state index in [0.29, 0.717) is 0 Å². The van der Waals surface area contributed by atoms with Crippen molar-refractivity contribution >= 4 is 17.3 Å². The quantitative estimate of drug-likeness (QED) is 0.771. The summed E-state index contributed by atoms with van der Waals surface area (Å²) in [6.45, 7) is 9.74. The van der Waals surface area contributed by atoms with Crippen molar-refractivity contribution in [3.63, 3.8) is 0 Å². The zero-order chi connectivity index (χ0) is 18.8. The van der Waals surface area contributed by atoms with Gasteiger partial charge in [-0.1, -0.05) is 6.07 Å². The molecule has 144 valence electrons. The molecule has 2 aliphatic heterocycles. The van der Waals surface area contributed by atoms with Crippen molar-refractivity contribution in [3.05, 3.63) is 53.1 Å². The van der Waals surface area contributed by atoms with Gasteiger partial charge in [-0.2, -0.15) is 0 Å². The lowest BCUT2D eigenvalue weighted by Gasteiger charge is -2.32. The van der Waals surface area contributed by atoms with Gasteiger partial charge < -0.3 is 19.9 Å². The molecular formula is C20H27N5OS. The fourth-order valence-corrected chi connectivity index (χ4v) is 4.44. The van der Waals surface area contributed by atoms with Crippen LogP contribution in [0.1, 0.15) is 34.7 Å². The summed E-state index contributed by atoms with van der Waals surface area (Å²) in [5.74, 6) is 0. The van der Waals surface area contributed by atoms with Gasteiger partial charge in [0.15, 0.2) is 5.11 Å². The minimum atomic E-state index is 0.0530. The normalized spacial score (nSPS) is 23.6. The molecule has 4 rings (SSSR count). The van der Waals surface area contributed by atoms with E-state index in [-0.39, 0.29) is 12.1 Å². The molecule has 2 N–H and O–H groups in total. The number of pyridine rings is 1. The highest BCUT2D eigenvalue weighted by molar-refractivity contribution is 7.80. The number of aromatic nitrogens is 2. The molecule has 7 heteroatoms. The second kappa shape index (κ2) is 7.96. The summed E-state index contributed by atoms with van der Waals surface area (Å²) < 4.78 is 5.47. The Balaban J connectivity index is 1.61. The van der Waals surface area contributed by atoms with Gasteiger partial charge in [-0.3, -0.25) is 9.88 Å². The van der Waals surface area contributed by atoms with Gasteiger partial charge in [0.25, 0.3) is 0 Å². The van der Waals surface area contributed by atoms with Crippen LogP contribution in [0.15, 0.2) is 30.5 Å². The summed E-state index contributed by atoms with van der Waals surface area (Å²) in [5, 5.41) is 4.34. The monoisotopic (exact) mass is 385 g/mol. The SMILES string of the molecule is Cc1cc([C@@H]2[C@H](c3ccccn3)NC(=S)N2CCN2CCOCC2)c(C)[nH]1. The zero-order valence-electron chi connectivity index (χ0n) is 15.9. The Morgan fingerprint density at radius 3 is 2.70 bits per heavy atom. The van der Waals surface area contributed by atoms with E-state index in [1.54, 1.807) is 0 Å². The average Bonchev–Trinajstić information content (AvgIpc) is 3.19. The van der Waals surface area contributed by atoms with Gasteiger partial charge in [0.2, 0.25) is 0 Å². The van der Waals surface area contributed by atoms with E-state index in [1.807, 2.05) is 18.3 Å². The lowest BCUT2D eigenvalue weighted by molar-refractivity contribution is 0.0350. The largest absolute Gasteiger partial charge is 0.379 e. The van der Waals surface area contributed by atoms with Gasteiger partial charge in [0.1, 0.15) is 0 Å². The molecule has 2 aromatic rings. The molecule has 0 amide bonds.